The highest BCUT2D eigenvalue weighted by Gasteiger charge is 2.62. The summed E-state index contributed by atoms with van der Waals surface area (Å²) in [5.74, 6) is 6.93. The number of nitrogens with two attached hydrogens (primary N) is 1. The summed E-state index contributed by atoms with van der Waals surface area (Å²) in [5.41, 5.74) is 4.54. The second-order valence-corrected chi connectivity index (χ2v) is 10.5. The van der Waals surface area contributed by atoms with Crippen molar-refractivity contribution in [2.24, 2.45) is 28.0 Å². The average molecular weight is 325 g/mol. The summed E-state index contributed by atoms with van der Waals surface area (Å²) >= 11 is 7.86. The van der Waals surface area contributed by atoms with Crippen LogP contribution in [0.2, 0.25) is 4.34 Å². The molecule has 0 aliphatic heterocycles. The van der Waals surface area contributed by atoms with Crippen LogP contribution in [0.15, 0.2) is 12.1 Å². The highest BCUT2D eigenvalue weighted by molar-refractivity contribution is 7.16. The first-order chi connectivity index (χ1) is 9.85. The van der Waals surface area contributed by atoms with Gasteiger partial charge in [-0.25, -0.2) is 0 Å². The molecule has 5 rings (SSSR count). The van der Waals surface area contributed by atoms with Crippen LogP contribution in [0.3, 0.4) is 0 Å². The van der Waals surface area contributed by atoms with Gasteiger partial charge in [-0.3, -0.25) is 11.3 Å². The van der Waals surface area contributed by atoms with Crippen molar-refractivity contribution in [3.8, 4) is 0 Å². The van der Waals surface area contributed by atoms with Gasteiger partial charge in [0.05, 0.1) is 10.4 Å². The Morgan fingerprint density at radius 3 is 2.33 bits per heavy atom. The number of hydrogen-bond acceptors (Lipinski definition) is 3. The van der Waals surface area contributed by atoms with E-state index in [9.17, 15) is 0 Å². The molecule has 0 radical (unpaired) electrons. The number of hydrazine groups is 1. The lowest BCUT2D eigenvalue weighted by Gasteiger charge is -2.67. The molecule has 4 aliphatic carbocycles. The number of hydrogen-bond donors (Lipinski definition) is 2. The molecule has 1 heterocycles. The van der Waals surface area contributed by atoms with Gasteiger partial charge < -0.3 is 0 Å². The fourth-order valence-electron chi connectivity index (χ4n) is 6.90. The van der Waals surface area contributed by atoms with E-state index < -0.39 is 0 Å². The van der Waals surface area contributed by atoms with Gasteiger partial charge in [-0.15, -0.1) is 11.3 Å². The van der Waals surface area contributed by atoms with E-state index in [0.717, 1.165) is 10.3 Å². The van der Waals surface area contributed by atoms with Gasteiger partial charge in [0.1, 0.15) is 0 Å². The van der Waals surface area contributed by atoms with Gasteiger partial charge >= 0.3 is 0 Å². The van der Waals surface area contributed by atoms with Gasteiger partial charge in [0.15, 0.2) is 0 Å². The monoisotopic (exact) mass is 324 g/mol. The van der Waals surface area contributed by atoms with Gasteiger partial charge in [-0.1, -0.05) is 25.4 Å². The Morgan fingerprint density at radius 2 is 1.86 bits per heavy atom. The van der Waals surface area contributed by atoms with Gasteiger partial charge in [-0.05, 0) is 72.8 Å². The predicted octanol–water partition coefficient (Wildman–Crippen LogP) is 4.90. The van der Waals surface area contributed by atoms with Crippen molar-refractivity contribution in [2.45, 2.75) is 58.4 Å². The smallest absolute Gasteiger partial charge is 0.0931 e. The largest absolute Gasteiger partial charge is 0.271 e. The molecule has 3 N–H and O–H groups in total. The van der Waals surface area contributed by atoms with Crippen molar-refractivity contribution < 1.29 is 0 Å². The summed E-state index contributed by atoms with van der Waals surface area (Å²) in [6, 6.07) is 4.44. The van der Waals surface area contributed by atoms with E-state index in [0.29, 0.717) is 16.2 Å². The zero-order valence-corrected chi connectivity index (χ0v) is 14.5. The number of halogens is 1. The molecule has 21 heavy (non-hydrogen) atoms. The van der Waals surface area contributed by atoms with Crippen LogP contribution in [0, 0.1) is 22.2 Å². The van der Waals surface area contributed by atoms with Gasteiger partial charge in [0, 0.05) is 4.88 Å². The van der Waals surface area contributed by atoms with Crippen molar-refractivity contribution >= 4 is 22.9 Å². The van der Waals surface area contributed by atoms with E-state index >= 15 is 0 Å². The molecule has 1 aromatic heterocycles. The molecule has 0 amide bonds. The minimum atomic E-state index is 0.261. The second-order valence-electron chi connectivity index (χ2n) is 8.73. The molecule has 4 aliphatic rings. The Kier molecular flexibility index (Phi) is 3.09. The standard InChI is InChI=1S/C17H25ClN2S/c1-15-5-11-6-16(2,8-15)10-17(7-11,9-15)14(20-19)12-3-4-13(18)21-12/h3-4,11,14,20H,5-10,19H2,1-2H3. The molecule has 1 aromatic rings. The third-order valence-corrected chi connectivity index (χ3v) is 7.62. The summed E-state index contributed by atoms with van der Waals surface area (Å²) in [6.45, 7) is 5.03. The van der Waals surface area contributed by atoms with Crippen molar-refractivity contribution in [1.29, 1.82) is 0 Å². The van der Waals surface area contributed by atoms with Crippen molar-refractivity contribution in [2.75, 3.05) is 0 Å². The van der Waals surface area contributed by atoms with Crippen molar-refractivity contribution in [1.82, 2.24) is 5.43 Å². The molecule has 4 bridgehead atoms. The third kappa shape index (κ3) is 2.20. The van der Waals surface area contributed by atoms with E-state index in [1.807, 2.05) is 6.07 Å². The van der Waals surface area contributed by atoms with Crippen LogP contribution in [0.25, 0.3) is 0 Å². The summed E-state index contributed by atoms with van der Waals surface area (Å²) in [7, 11) is 0. The Balaban J connectivity index is 1.75. The first-order valence-corrected chi connectivity index (χ1v) is 9.26. The van der Waals surface area contributed by atoms with E-state index in [1.165, 1.54) is 43.4 Å². The summed E-state index contributed by atoms with van der Waals surface area (Å²) < 4.78 is 0.868. The zero-order chi connectivity index (χ0) is 14.9. The molecule has 3 atom stereocenters. The maximum Gasteiger partial charge on any atom is 0.0931 e. The molecule has 4 saturated carbocycles. The fraction of sp³-hybridized carbons (Fsp3) is 0.765. The van der Waals surface area contributed by atoms with Crippen LogP contribution in [0.5, 0.6) is 0 Å². The van der Waals surface area contributed by atoms with E-state index in [-0.39, 0.29) is 6.04 Å². The lowest BCUT2D eigenvalue weighted by molar-refractivity contribution is -0.158. The van der Waals surface area contributed by atoms with Crippen LogP contribution in [-0.2, 0) is 0 Å². The Hall–Kier alpha value is -0.0900. The van der Waals surface area contributed by atoms with Crippen molar-refractivity contribution in [3.05, 3.63) is 21.3 Å². The van der Waals surface area contributed by atoms with E-state index in [2.05, 4.69) is 25.3 Å². The Bertz CT molecular complexity index is 551. The summed E-state index contributed by atoms with van der Waals surface area (Å²) in [5, 5.41) is 0. The quantitative estimate of drug-likeness (QED) is 0.613. The highest BCUT2D eigenvalue weighted by Crippen LogP contribution is 2.72. The van der Waals surface area contributed by atoms with Gasteiger partial charge in [0.25, 0.3) is 0 Å². The molecule has 116 valence electrons. The van der Waals surface area contributed by atoms with E-state index in [4.69, 9.17) is 17.4 Å². The molecular weight excluding hydrogens is 300 g/mol. The van der Waals surface area contributed by atoms with Crippen LogP contribution in [0.4, 0.5) is 0 Å². The molecule has 3 unspecified atom stereocenters. The first kappa shape index (κ1) is 14.5. The maximum absolute atomic E-state index is 6.17. The fourth-order valence-corrected chi connectivity index (χ4v) is 8.17. The van der Waals surface area contributed by atoms with Crippen LogP contribution in [-0.4, -0.2) is 0 Å². The normalized spacial score (nSPS) is 46.0. The average Bonchev–Trinajstić information content (AvgIpc) is 2.71. The number of nitrogens with one attached hydrogen (secondary N) is 1. The number of rotatable bonds is 3. The second kappa shape index (κ2) is 4.47. The minimum Gasteiger partial charge on any atom is -0.271 e. The first-order valence-electron chi connectivity index (χ1n) is 8.07. The summed E-state index contributed by atoms with van der Waals surface area (Å²) in [4.78, 5) is 1.32. The molecule has 0 saturated heterocycles. The summed E-state index contributed by atoms with van der Waals surface area (Å²) in [6.07, 6.45) is 8.22. The molecule has 4 heteroatoms. The van der Waals surface area contributed by atoms with E-state index in [1.54, 1.807) is 11.3 Å². The molecule has 2 nitrogen and oxygen atoms in total. The topological polar surface area (TPSA) is 38.0 Å². The Morgan fingerprint density at radius 1 is 1.19 bits per heavy atom. The molecular formula is C17H25ClN2S. The zero-order valence-electron chi connectivity index (χ0n) is 12.9. The predicted molar refractivity (Wildman–Crippen MR) is 89.2 cm³/mol. The lowest BCUT2D eigenvalue weighted by atomic mass is 9.39. The van der Waals surface area contributed by atoms with Crippen LogP contribution >= 0.6 is 22.9 Å². The Labute approximate surface area is 136 Å². The highest BCUT2D eigenvalue weighted by atomic mass is 35.5. The number of thiophene rings is 1. The molecule has 0 spiro atoms. The third-order valence-electron chi connectivity index (χ3n) is 6.33. The van der Waals surface area contributed by atoms with Crippen LogP contribution in [0.1, 0.15) is 63.3 Å². The lowest BCUT2D eigenvalue weighted by Crippen LogP contribution is -2.59. The minimum absolute atomic E-state index is 0.261. The molecule has 4 fully saturated rings. The van der Waals surface area contributed by atoms with Gasteiger partial charge in [-0.2, -0.15) is 0 Å². The van der Waals surface area contributed by atoms with Crippen LogP contribution < -0.4 is 11.3 Å². The van der Waals surface area contributed by atoms with Gasteiger partial charge in [0.2, 0.25) is 0 Å². The molecule has 0 aromatic carbocycles. The van der Waals surface area contributed by atoms with Crippen molar-refractivity contribution in [3.63, 3.8) is 0 Å². The maximum atomic E-state index is 6.17. The SMILES string of the molecule is CC12CC3CC(C)(C1)CC(C(NN)c1ccc(Cl)s1)(C3)C2.